The molecule has 0 aliphatic carbocycles. The lowest BCUT2D eigenvalue weighted by atomic mass is 10.2. The highest BCUT2D eigenvalue weighted by atomic mass is 35.5. The van der Waals surface area contributed by atoms with Gasteiger partial charge in [0.15, 0.2) is 5.17 Å². The minimum atomic E-state index is -0.348. The van der Waals surface area contributed by atoms with Gasteiger partial charge in [-0.2, -0.15) is 4.99 Å². The van der Waals surface area contributed by atoms with Crippen LogP contribution in [0.4, 0.5) is 0 Å². The van der Waals surface area contributed by atoms with Crippen molar-refractivity contribution in [3.63, 3.8) is 0 Å². The molecule has 18 heavy (non-hydrogen) atoms. The lowest BCUT2D eigenvalue weighted by molar-refractivity contribution is -0.117. The summed E-state index contributed by atoms with van der Waals surface area (Å²) in [7, 11) is 0. The average molecular weight is 281 g/mol. The molecular weight excluding hydrogens is 272 g/mol. The third-order valence-corrected chi connectivity index (χ3v) is 3.22. The van der Waals surface area contributed by atoms with E-state index < -0.39 is 0 Å². The van der Waals surface area contributed by atoms with E-state index in [0.717, 1.165) is 17.3 Å². The molecule has 1 aliphatic rings. The molecule has 1 N–H and O–H groups in total. The van der Waals surface area contributed by atoms with Gasteiger partial charge in [0, 0.05) is 11.9 Å². The Bertz CT molecular complexity index is 564. The van der Waals surface area contributed by atoms with E-state index in [2.05, 4.69) is 10.3 Å². The topological polar surface area (TPSA) is 58.5 Å². The molecule has 0 bridgehead atoms. The molecule has 0 aromatic heterocycles. The third kappa shape index (κ3) is 3.21. The monoisotopic (exact) mass is 280 g/mol. The molecule has 0 fully saturated rings. The van der Waals surface area contributed by atoms with Gasteiger partial charge >= 0.3 is 0 Å². The zero-order valence-corrected chi connectivity index (χ0v) is 11.0. The fourth-order valence-electron chi connectivity index (χ4n) is 1.32. The number of amidine groups is 1. The molecule has 4 nitrogen and oxygen atoms in total. The summed E-state index contributed by atoms with van der Waals surface area (Å²) >= 11 is 6.92. The molecule has 2 rings (SSSR count). The number of thioether (sulfide) groups is 1. The van der Waals surface area contributed by atoms with Gasteiger partial charge in [-0.1, -0.05) is 23.7 Å². The van der Waals surface area contributed by atoms with Crippen LogP contribution < -0.4 is 5.32 Å². The van der Waals surface area contributed by atoms with Gasteiger partial charge < -0.3 is 5.32 Å². The molecule has 1 aromatic carbocycles. The molecule has 0 saturated heterocycles. The van der Waals surface area contributed by atoms with E-state index in [0.29, 0.717) is 15.1 Å². The number of carbonyl (C=O) groups is 2. The Morgan fingerprint density at radius 3 is 2.67 bits per heavy atom. The van der Waals surface area contributed by atoms with Crippen molar-refractivity contribution in [3.05, 3.63) is 39.8 Å². The second-order valence-corrected chi connectivity index (χ2v) is 5.03. The van der Waals surface area contributed by atoms with Crippen LogP contribution >= 0.6 is 23.4 Å². The largest absolute Gasteiger partial charge is 0.305 e. The fraction of sp³-hybridized carbons (Fsp3) is 0.0833. The third-order valence-electron chi connectivity index (χ3n) is 2.07. The quantitative estimate of drug-likeness (QED) is 0.804. The number of amides is 2. The van der Waals surface area contributed by atoms with Crippen molar-refractivity contribution < 1.29 is 9.59 Å². The molecule has 0 atom stereocenters. The maximum absolute atomic E-state index is 11.6. The van der Waals surface area contributed by atoms with Gasteiger partial charge in [0.2, 0.25) is 5.91 Å². The summed E-state index contributed by atoms with van der Waals surface area (Å²) < 4.78 is 0. The predicted octanol–water partition coefficient (Wildman–Crippen LogP) is 2.45. The first-order chi connectivity index (χ1) is 8.54. The number of rotatable bonds is 1. The standard InChI is InChI=1S/C12H9ClN2O2S/c1-7(16)14-12-15-11(17)10(18-12)6-8-2-4-9(13)5-3-8/h2-6H,1H3,(H,14,15,16,17). The van der Waals surface area contributed by atoms with Crippen molar-refractivity contribution in [2.24, 2.45) is 4.99 Å². The maximum atomic E-state index is 11.6. The summed E-state index contributed by atoms with van der Waals surface area (Å²) in [5, 5.41) is 3.44. The average Bonchev–Trinajstić information content (AvgIpc) is 2.61. The van der Waals surface area contributed by atoms with Gasteiger partial charge in [-0.3, -0.25) is 9.59 Å². The maximum Gasteiger partial charge on any atom is 0.286 e. The lowest BCUT2D eigenvalue weighted by Crippen LogP contribution is -2.23. The van der Waals surface area contributed by atoms with Crippen LogP contribution in [0.2, 0.25) is 5.02 Å². The molecule has 0 saturated carbocycles. The SMILES string of the molecule is CC(=O)NC1=NC(=O)C(=Cc2ccc(Cl)cc2)S1. The van der Waals surface area contributed by atoms with Gasteiger partial charge in [-0.05, 0) is 35.5 Å². The number of carbonyl (C=O) groups excluding carboxylic acids is 2. The van der Waals surface area contributed by atoms with E-state index in [-0.39, 0.29) is 11.8 Å². The van der Waals surface area contributed by atoms with Crippen LogP contribution in [0.1, 0.15) is 12.5 Å². The number of hydrogen-bond acceptors (Lipinski definition) is 3. The van der Waals surface area contributed by atoms with Crippen LogP contribution in [0.15, 0.2) is 34.2 Å². The zero-order chi connectivity index (χ0) is 13.1. The summed E-state index contributed by atoms with van der Waals surface area (Å²) in [4.78, 5) is 26.7. The number of halogens is 1. The van der Waals surface area contributed by atoms with Gasteiger partial charge in [0.1, 0.15) is 0 Å². The lowest BCUT2D eigenvalue weighted by Gasteiger charge is -1.98. The Balaban J connectivity index is 2.15. The normalized spacial score (nSPS) is 16.9. The van der Waals surface area contributed by atoms with Crippen molar-refractivity contribution in [3.8, 4) is 0 Å². The van der Waals surface area contributed by atoms with Gasteiger partial charge in [0.25, 0.3) is 5.91 Å². The predicted molar refractivity (Wildman–Crippen MR) is 73.3 cm³/mol. The summed E-state index contributed by atoms with van der Waals surface area (Å²) in [6.07, 6.45) is 1.71. The van der Waals surface area contributed by atoms with Crippen molar-refractivity contribution >= 4 is 46.4 Å². The molecule has 1 heterocycles. The number of nitrogens with zero attached hydrogens (tertiary/aromatic N) is 1. The van der Waals surface area contributed by atoms with Crippen LogP contribution in [0.5, 0.6) is 0 Å². The Morgan fingerprint density at radius 1 is 1.39 bits per heavy atom. The first-order valence-corrected chi connectivity index (χ1v) is 6.30. The number of benzene rings is 1. The van der Waals surface area contributed by atoms with Crippen LogP contribution in [0.3, 0.4) is 0 Å². The highest BCUT2D eigenvalue weighted by Gasteiger charge is 2.22. The van der Waals surface area contributed by atoms with Crippen molar-refractivity contribution in [1.29, 1.82) is 0 Å². The number of aliphatic imine (C=N–C) groups is 1. The molecule has 2 amide bonds. The van der Waals surface area contributed by atoms with Crippen molar-refractivity contribution in [2.45, 2.75) is 6.92 Å². The Kier molecular flexibility index (Phi) is 3.84. The first-order valence-electron chi connectivity index (χ1n) is 5.10. The highest BCUT2D eigenvalue weighted by Crippen LogP contribution is 2.27. The van der Waals surface area contributed by atoms with Gasteiger partial charge in [0.05, 0.1) is 4.91 Å². The molecule has 6 heteroatoms. The number of nitrogens with one attached hydrogen (secondary N) is 1. The summed E-state index contributed by atoms with van der Waals surface area (Å²) in [5.74, 6) is -0.597. The van der Waals surface area contributed by atoms with Gasteiger partial charge in [-0.15, -0.1) is 0 Å². The summed E-state index contributed by atoms with van der Waals surface area (Å²) in [6, 6.07) is 7.10. The first kappa shape index (κ1) is 12.9. The van der Waals surface area contributed by atoms with Crippen LogP contribution in [0, 0.1) is 0 Å². The van der Waals surface area contributed by atoms with Crippen LogP contribution in [-0.4, -0.2) is 17.0 Å². The van der Waals surface area contributed by atoms with E-state index in [9.17, 15) is 9.59 Å². The molecule has 0 radical (unpaired) electrons. The summed E-state index contributed by atoms with van der Waals surface area (Å²) in [5.41, 5.74) is 0.856. The van der Waals surface area contributed by atoms with E-state index in [4.69, 9.17) is 11.6 Å². The Morgan fingerprint density at radius 2 is 2.06 bits per heavy atom. The van der Waals surface area contributed by atoms with E-state index in [1.807, 2.05) is 0 Å². The second-order valence-electron chi connectivity index (χ2n) is 3.57. The minimum Gasteiger partial charge on any atom is -0.305 e. The van der Waals surface area contributed by atoms with E-state index in [1.54, 1.807) is 30.3 Å². The molecule has 1 aromatic rings. The van der Waals surface area contributed by atoms with Crippen molar-refractivity contribution in [1.82, 2.24) is 5.32 Å². The molecular formula is C12H9ClN2O2S. The van der Waals surface area contributed by atoms with Crippen LogP contribution in [-0.2, 0) is 9.59 Å². The van der Waals surface area contributed by atoms with E-state index in [1.165, 1.54) is 6.92 Å². The Hall–Kier alpha value is -1.59. The zero-order valence-electron chi connectivity index (χ0n) is 9.44. The highest BCUT2D eigenvalue weighted by molar-refractivity contribution is 8.18. The van der Waals surface area contributed by atoms with Crippen molar-refractivity contribution in [2.75, 3.05) is 0 Å². The molecule has 0 unspecified atom stereocenters. The smallest absolute Gasteiger partial charge is 0.286 e. The van der Waals surface area contributed by atoms with Gasteiger partial charge in [-0.25, -0.2) is 0 Å². The Labute approximate surface area is 113 Å². The van der Waals surface area contributed by atoms with E-state index >= 15 is 0 Å². The molecule has 0 spiro atoms. The van der Waals surface area contributed by atoms with Crippen LogP contribution in [0.25, 0.3) is 6.08 Å². The summed E-state index contributed by atoms with van der Waals surface area (Å²) in [6.45, 7) is 1.37. The fourth-order valence-corrected chi connectivity index (χ4v) is 2.31. The molecule has 92 valence electrons. The second kappa shape index (κ2) is 5.37. The molecule has 1 aliphatic heterocycles. The number of hydrogen-bond donors (Lipinski definition) is 1. The minimum absolute atomic E-state index is 0.248.